The zero-order valence-electron chi connectivity index (χ0n) is 12.5. The van der Waals surface area contributed by atoms with E-state index in [-0.39, 0.29) is 0 Å². The molecule has 0 fully saturated rings. The van der Waals surface area contributed by atoms with Gasteiger partial charge in [-0.1, -0.05) is 41.5 Å². The topological polar surface area (TPSA) is 80.5 Å². The Balaban J connectivity index is 1.64. The number of H-pyrrole nitrogens is 1. The molecule has 1 N–H and O–H groups in total. The van der Waals surface area contributed by atoms with Gasteiger partial charge in [-0.25, -0.2) is 4.98 Å². The molecule has 0 saturated heterocycles. The molecule has 0 radical (unpaired) electrons. The molecule has 0 aliphatic heterocycles. The summed E-state index contributed by atoms with van der Waals surface area (Å²) in [6.07, 6.45) is 1.96. The zero-order chi connectivity index (χ0) is 15.4. The summed E-state index contributed by atoms with van der Waals surface area (Å²) in [5, 5.41) is 11.8. The molecule has 0 bridgehead atoms. The second-order valence-electron chi connectivity index (χ2n) is 4.99. The fourth-order valence-electron chi connectivity index (χ4n) is 2.03. The van der Waals surface area contributed by atoms with Crippen molar-refractivity contribution in [3.63, 3.8) is 0 Å². The maximum atomic E-state index is 5.31. The lowest BCUT2D eigenvalue weighted by Crippen LogP contribution is -1.86. The van der Waals surface area contributed by atoms with Crippen LogP contribution < -0.4 is 0 Å². The van der Waals surface area contributed by atoms with E-state index in [1.54, 1.807) is 0 Å². The minimum atomic E-state index is 0.543. The number of hydrogen-bond donors (Lipinski definition) is 1. The highest BCUT2D eigenvalue weighted by Crippen LogP contribution is 2.22. The first-order valence-electron chi connectivity index (χ1n) is 7.18. The van der Waals surface area contributed by atoms with E-state index in [1.165, 1.54) is 11.8 Å². The van der Waals surface area contributed by atoms with Crippen molar-refractivity contribution in [2.75, 3.05) is 0 Å². The first-order chi connectivity index (χ1) is 10.7. The van der Waals surface area contributed by atoms with Gasteiger partial charge in [0.1, 0.15) is 5.82 Å². The second-order valence-corrected chi connectivity index (χ2v) is 5.93. The van der Waals surface area contributed by atoms with E-state index in [0.717, 1.165) is 29.8 Å². The molecule has 3 aromatic rings. The van der Waals surface area contributed by atoms with Crippen molar-refractivity contribution in [3.8, 4) is 11.5 Å². The van der Waals surface area contributed by atoms with Crippen LogP contribution in [-0.2, 0) is 12.2 Å². The summed E-state index contributed by atoms with van der Waals surface area (Å²) in [4.78, 5) is 8.82. The summed E-state index contributed by atoms with van der Waals surface area (Å²) in [6, 6.07) is 8.00. The minimum Gasteiger partial charge on any atom is -0.334 e. The lowest BCUT2D eigenvalue weighted by molar-refractivity contribution is 0.425. The van der Waals surface area contributed by atoms with Crippen LogP contribution in [0.1, 0.15) is 30.6 Å². The van der Waals surface area contributed by atoms with E-state index in [0.29, 0.717) is 22.6 Å². The number of benzene rings is 1. The standard InChI is InChI=1S/C15H17N5OS/c1-3-5-12-17-15(19-18-12)22-9-13-16-14(21-20-13)11-7-4-6-10(2)8-11/h4,6-8H,3,5,9H2,1-2H3,(H,17,18,19). The normalized spacial score (nSPS) is 11.0. The summed E-state index contributed by atoms with van der Waals surface area (Å²) < 4.78 is 5.31. The van der Waals surface area contributed by atoms with Crippen LogP contribution in [0.3, 0.4) is 0 Å². The highest BCUT2D eigenvalue weighted by molar-refractivity contribution is 7.98. The Labute approximate surface area is 132 Å². The monoisotopic (exact) mass is 315 g/mol. The van der Waals surface area contributed by atoms with Gasteiger partial charge in [0.25, 0.3) is 5.89 Å². The average Bonchev–Trinajstić information content (AvgIpc) is 3.15. The lowest BCUT2D eigenvalue weighted by Gasteiger charge is -1.95. The average molecular weight is 315 g/mol. The summed E-state index contributed by atoms with van der Waals surface area (Å²) in [5.74, 6) is 2.68. The van der Waals surface area contributed by atoms with Crippen LogP contribution in [0.4, 0.5) is 0 Å². The molecule has 0 atom stereocenters. The molecule has 0 aliphatic carbocycles. The van der Waals surface area contributed by atoms with Gasteiger partial charge >= 0.3 is 0 Å². The highest BCUT2D eigenvalue weighted by atomic mass is 32.2. The molecule has 0 saturated carbocycles. The molecule has 0 spiro atoms. The molecule has 1 aromatic carbocycles. The SMILES string of the molecule is CCCc1nc(SCc2noc(-c3cccc(C)c3)n2)n[nH]1. The largest absolute Gasteiger partial charge is 0.334 e. The number of aromatic amines is 1. The number of aromatic nitrogens is 5. The first-order valence-corrected chi connectivity index (χ1v) is 8.17. The summed E-state index contributed by atoms with van der Waals surface area (Å²) >= 11 is 1.49. The van der Waals surface area contributed by atoms with Crippen LogP contribution in [-0.4, -0.2) is 25.3 Å². The number of nitrogens with one attached hydrogen (secondary N) is 1. The number of aryl methyl sites for hydroxylation is 2. The Hall–Kier alpha value is -2.15. The Morgan fingerprint density at radius 2 is 2.18 bits per heavy atom. The van der Waals surface area contributed by atoms with E-state index >= 15 is 0 Å². The molecule has 2 heterocycles. The molecule has 0 amide bonds. The van der Waals surface area contributed by atoms with Gasteiger partial charge < -0.3 is 4.52 Å². The van der Waals surface area contributed by atoms with Gasteiger partial charge in [-0.2, -0.15) is 4.98 Å². The van der Waals surface area contributed by atoms with Crippen LogP contribution in [0.2, 0.25) is 0 Å². The van der Waals surface area contributed by atoms with Crippen molar-refractivity contribution in [3.05, 3.63) is 41.5 Å². The third-order valence-corrected chi connectivity index (χ3v) is 3.90. The van der Waals surface area contributed by atoms with E-state index in [2.05, 4.69) is 32.2 Å². The van der Waals surface area contributed by atoms with Crippen LogP contribution in [0.15, 0.2) is 33.9 Å². The lowest BCUT2D eigenvalue weighted by atomic mass is 10.1. The maximum Gasteiger partial charge on any atom is 0.257 e. The summed E-state index contributed by atoms with van der Waals surface area (Å²) in [5.41, 5.74) is 2.10. The number of thioether (sulfide) groups is 1. The Bertz CT molecular complexity index is 752. The fourth-order valence-corrected chi connectivity index (χ4v) is 2.69. The van der Waals surface area contributed by atoms with Crippen molar-refractivity contribution in [2.45, 2.75) is 37.6 Å². The molecule has 2 aromatic heterocycles. The Morgan fingerprint density at radius 3 is 3.00 bits per heavy atom. The molecule has 3 rings (SSSR count). The van der Waals surface area contributed by atoms with E-state index in [9.17, 15) is 0 Å². The first kappa shape index (κ1) is 14.8. The maximum absolute atomic E-state index is 5.31. The van der Waals surface area contributed by atoms with E-state index in [1.807, 2.05) is 31.2 Å². The van der Waals surface area contributed by atoms with Crippen LogP contribution in [0.25, 0.3) is 11.5 Å². The molecular weight excluding hydrogens is 298 g/mol. The smallest absolute Gasteiger partial charge is 0.257 e. The van der Waals surface area contributed by atoms with Crippen molar-refractivity contribution < 1.29 is 4.52 Å². The predicted molar refractivity (Wildman–Crippen MR) is 84.4 cm³/mol. The zero-order valence-corrected chi connectivity index (χ0v) is 13.4. The van der Waals surface area contributed by atoms with E-state index in [4.69, 9.17) is 4.52 Å². The minimum absolute atomic E-state index is 0.543. The highest BCUT2D eigenvalue weighted by Gasteiger charge is 2.11. The van der Waals surface area contributed by atoms with Crippen molar-refractivity contribution >= 4 is 11.8 Å². The summed E-state index contributed by atoms with van der Waals surface area (Å²) in [7, 11) is 0. The third-order valence-electron chi connectivity index (χ3n) is 3.06. The van der Waals surface area contributed by atoms with Crippen molar-refractivity contribution in [1.29, 1.82) is 0 Å². The molecule has 6 nitrogen and oxygen atoms in total. The Morgan fingerprint density at radius 1 is 1.27 bits per heavy atom. The van der Waals surface area contributed by atoms with Crippen molar-refractivity contribution in [2.24, 2.45) is 0 Å². The van der Waals surface area contributed by atoms with Gasteiger partial charge in [0.15, 0.2) is 5.82 Å². The van der Waals surface area contributed by atoms with Gasteiger partial charge in [0.2, 0.25) is 5.16 Å². The second kappa shape index (κ2) is 6.74. The summed E-state index contributed by atoms with van der Waals surface area (Å²) in [6.45, 7) is 4.15. The van der Waals surface area contributed by atoms with Crippen LogP contribution in [0.5, 0.6) is 0 Å². The third kappa shape index (κ3) is 3.54. The van der Waals surface area contributed by atoms with Crippen LogP contribution in [0, 0.1) is 6.92 Å². The molecule has 0 aliphatic rings. The molecular formula is C15H17N5OS. The fraction of sp³-hybridized carbons (Fsp3) is 0.333. The van der Waals surface area contributed by atoms with Crippen LogP contribution >= 0.6 is 11.8 Å². The molecule has 7 heteroatoms. The van der Waals surface area contributed by atoms with Gasteiger partial charge in [-0.15, -0.1) is 5.10 Å². The van der Waals surface area contributed by atoms with Crippen molar-refractivity contribution in [1.82, 2.24) is 25.3 Å². The number of rotatable bonds is 6. The quantitative estimate of drug-likeness (QED) is 0.702. The molecule has 114 valence electrons. The number of nitrogens with zero attached hydrogens (tertiary/aromatic N) is 4. The van der Waals surface area contributed by atoms with Gasteiger partial charge in [0.05, 0.1) is 5.75 Å². The number of hydrogen-bond acceptors (Lipinski definition) is 6. The molecule has 22 heavy (non-hydrogen) atoms. The van der Waals surface area contributed by atoms with Gasteiger partial charge in [-0.05, 0) is 25.5 Å². The molecule has 0 unspecified atom stereocenters. The predicted octanol–water partition coefficient (Wildman–Crippen LogP) is 3.41. The van der Waals surface area contributed by atoms with Gasteiger partial charge in [-0.3, -0.25) is 5.10 Å². The van der Waals surface area contributed by atoms with Gasteiger partial charge in [0, 0.05) is 12.0 Å². The Kier molecular flexibility index (Phi) is 4.53. The van der Waals surface area contributed by atoms with E-state index < -0.39 is 0 Å².